The topological polar surface area (TPSA) is 41.1 Å². The van der Waals surface area contributed by atoms with E-state index in [-0.39, 0.29) is 0 Å². The Morgan fingerprint density at radius 2 is 1.92 bits per heavy atom. The van der Waals surface area contributed by atoms with Crippen LogP contribution in [0.2, 0.25) is 5.02 Å². The summed E-state index contributed by atoms with van der Waals surface area (Å²) < 4.78 is 0. The van der Waals surface area contributed by atoms with Crippen molar-refractivity contribution in [1.29, 1.82) is 0 Å². The van der Waals surface area contributed by atoms with E-state index in [1.54, 1.807) is 0 Å². The predicted octanol–water partition coefficient (Wildman–Crippen LogP) is 4.75. The molecule has 1 aliphatic heterocycles. The van der Waals surface area contributed by atoms with Crippen molar-refractivity contribution in [2.75, 3.05) is 16.8 Å². The Balaban J connectivity index is 1.53. The highest BCUT2D eigenvalue weighted by Gasteiger charge is 2.20. The summed E-state index contributed by atoms with van der Waals surface area (Å²) in [5, 5.41) is 4.46. The quantitative estimate of drug-likeness (QED) is 0.861. The third-order valence-corrected chi connectivity index (χ3v) is 5.52. The largest absolute Gasteiger partial charge is 0.367 e. The Morgan fingerprint density at radius 1 is 1.08 bits per heavy atom. The maximum Gasteiger partial charge on any atom is 0.134 e. The smallest absolute Gasteiger partial charge is 0.134 e. The first-order valence-electron chi connectivity index (χ1n) is 9.32. The van der Waals surface area contributed by atoms with Crippen molar-refractivity contribution in [2.45, 2.75) is 58.0 Å². The first-order chi connectivity index (χ1) is 12.2. The lowest BCUT2D eigenvalue weighted by molar-refractivity contribution is 0.461. The zero-order valence-corrected chi connectivity index (χ0v) is 15.5. The predicted molar refractivity (Wildman–Crippen MR) is 103 cm³/mol. The highest BCUT2D eigenvalue weighted by atomic mass is 35.5. The average molecular weight is 357 g/mol. The van der Waals surface area contributed by atoms with Crippen LogP contribution in [-0.4, -0.2) is 22.6 Å². The maximum absolute atomic E-state index is 6.12. The highest BCUT2D eigenvalue weighted by Crippen LogP contribution is 2.27. The molecule has 4 rings (SSSR count). The molecule has 25 heavy (non-hydrogen) atoms. The molecule has 5 heteroatoms. The number of fused-ring (bicyclic) bond motifs is 1. The molecule has 1 aliphatic carbocycles. The van der Waals surface area contributed by atoms with Crippen molar-refractivity contribution in [2.24, 2.45) is 0 Å². The van der Waals surface area contributed by atoms with Crippen LogP contribution in [0.5, 0.6) is 0 Å². The number of aryl methyl sites for hydroxylation is 1. The van der Waals surface area contributed by atoms with Gasteiger partial charge in [-0.1, -0.05) is 36.9 Å². The molecule has 2 heterocycles. The van der Waals surface area contributed by atoms with Gasteiger partial charge in [-0.2, -0.15) is 0 Å². The molecule has 0 spiro atoms. The summed E-state index contributed by atoms with van der Waals surface area (Å²) in [7, 11) is 0. The van der Waals surface area contributed by atoms with Crippen LogP contribution < -0.4 is 10.2 Å². The van der Waals surface area contributed by atoms with E-state index in [0.717, 1.165) is 42.0 Å². The van der Waals surface area contributed by atoms with Gasteiger partial charge in [0.25, 0.3) is 0 Å². The molecule has 2 aliphatic rings. The number of rotatable bonds is 3. The van der Waals surface area contributed by atoms with Crippen molar-refractivity contribution >= 4 is 23.2 Å². The molecule has 132 valence electrons. The van der Waals surface area contributed by atoms with Gasteiger partial charge in [0, 0.05) is 30.2 Å². The van der Waals surface area contributed by atoms with Crippen LogP contribution in [0.1, 0.15) is 49.1 Å². The van der Waals surface area contributed by atoms with Gasteiger partial charge in [-0.25, -0.2) is 9.97 Å². The monoisotopic (exact) mass is 356 g/mol. The lowest BCUT2D eigenvalue weighted by Gasteiger charge is -2.30. The van der Waals surface area contributed by atoms with Gasteiger partial charge in [0.05, 0.1) is 0 Å². The molecule has 0 amide bonds. The SMILES string of the molecule is Cc1nc(NC2CCCCC2)cc(N2CCc3cc(Cl)ccc3C2)n1. The Bertz CT molecular complexity index is 755. The van der Waals surface area contributed by atoms with Gasteiger partial charge in [-0.15, -0.1) is 0 Å². The Hall–Kier alpha value is -1.81. The Labute approximate surface area is 154 Å². The number of nitrogens with one attached hydrogen (secondary N) is 1. The zero-order chi connectivity index (χ0) is 17.2. The summed E-state index contributed by atoms with van der Waals surface area (Å²) in [6.07, 6.45) is 7.50. The number of benzene rings is 1. The minimum atomic E-state index is 0.556. The van der Waals surface area contributed by atoms with Crippen molar-refractivity contribution < 1.29 is 0 Å². The summed E-state index contributed by atoms with van der Waals surface area (Å²) in [5.41, 5.74) is 2.70. The summed E-state index contributed by atoms with van der Waals surface area (Å²) in [4.78, 5) is 11.6. The van der Waals surface area contributed by atoms with E-state index in [2.05, 4.69) is 38.4 Å². The average Bonchev–Trinajstić information content (AvgIpc) is 2.61. The van der Waals surface area contributed by atoms with Crippen molar-refractivity contribution in [3.63, 3.8) is 0 Å². The molecule has 1 N–H and O–H groups in total. The minimum absolute atomic E-state index is 0.556. The number of aromatic nitrogens is 2. The molecule has 1 fully saturated rings. The van der Waals surface area contributed by atoms with Gasteiger partial charge in [-0.05, 0) is 49.4 Å². The van der Waals surface area contributed by atoms with E-state index in [4.69, 9.17) is 11.6 Å². The molecule has 0 bridgehead atoms. The maximum atomic E-state index is 6.12. The molecule has 0 unspecified atom stereocenters. The van der Waals surface area contributed by atoms with E-state index in [1.807, 2.05) is 13.0 Å². The second-order valence-electron chi connectivity index (χ2n) is 7.22. The molecular formula is C20H25ClN4. The molecule has 0 radical (unpaired) electrons. The molecule has 4 nitrogen and oxygen atoms in total. The van der Waals surface area contributed by atoms with Crippen LogP contribution in [-0.2, 0) is 13.0 Å². The minimum Gasteiger partial charge on any atom is -0.367 e. The number of nitrogens with zero attached hydrogens (tertiary/aromatic N) is 3. The fraction of sp³-hybridized carbons (Fsp3) is 0.500. The molecule has 0 atom stereocenters. The van der Waals surface area contributed by atoms with Crippen LogP contribution in [0.25, 0.3) is 0 Å². The zero-order valence-electron chi connectivity index (χ0n) is 14.8. The molecular weight excluding hydrogens is 332 g/mol. The standard InChI is InChI=1S/C20H25ClN4/c1-14-22-19(24-18-5-3-2-4-6-18)12-20(23-14)25-10-9-15-11-17(21)8-7-16(15)13-25/h7-8,11-12,18H,2-6,9-10,13H2,1H3,(H,22,23,24). The van der Waals surface area contributed by atoms with Crippen LogP contribution >= 0.6 is 11.6 Å². The van der Waals surface area contributed by atoms with E-state index in [9.17, 15) is 0 Å². The first kappa shape index (κ1) is 16.6. The normalized spacial score (nSPS) is 18.1. The van der Waals surface area contributed by atoms with Crippen LogP contribution in [0.4, 0.5) is 11.6 Å². The summed E-state index contributed by atoms with van der Waals surface area (Å²) in [6.45, 7) is 3.83. The van der Waals surface area contributed by atoms with Crippen LogP contribution in [0.15, 0.2) is 24.3 Å². The molecule has 1 aromatic heterocycles. The van der Waals surface area contributed by atoms with E-state index < -0.39 is 0 Å². The van der Waals surface area contributed by atoms with Gasteiger partial charge in [0.15, 0.2) is 0 Å². The van der Waals surface area contributed by atoms with Gasteiger partial charge in [-0.3, -0.25) is 0 Å². The number of halogens is 1. The summed E-state index contributed by atoms with van der Waals surface area (Å²) in [5.74, 6) is 2.82. The summed E-state index contributed by atoms with van der Waals surface area (Å²) >= 11 is 6.12. The molecule has 0 saturated heterocycles. The van der Waals surface area contributed by atoms with Crippen LogP contribution in [0, 0.1) is 6.92 Å². The summed E-state index contributed by atoms with van der Waals surface area (Å²) in [6, 6.07) is 8.88. The fourth-order valence-electron chi connectivity index (χ4n) is 3.96. The molecule has 1 saturated carbocycles. The van der Waals surface area contributed by atoms with E-state index in [0.29, 0.717) is 6.04 Å². The third-order valence-electron chi connectivity index (χ3n) is 5.29. The lowest BCUT2D eigenvalue weighted by atomic mass is 9.95. The number of hydrogen-bond acceptors (Lipinski definition) is 4. The molecule has 2 aromatic rings. The Morgan fingerprint density at radius 3 is 2.76 bits per heavy atom. The van der Waals surface area contributed by atoms with E-state index in [1.165, 1.54) is 43.2 Å². The van der Waals surface area contributed by atoms with Gasteiger partial charge in [0.2, 0.25) is 0 Å². The second kappa shape index (κ2) is 7.20. The molecule has 1 aromatic carbocycles. The van der Waals surface area contributed by atoms with Crippen molar-refractivity contribution in [3.05, 3.63) is 46.2 Å². The Kier molecular flexibility index (Phi) is 4.80. The number of anilines is 2. The highest BCUT2D eigenvalue weighted by molar-refractivity contribution is 6.30. The van der Waals surface area contributed by atoms with Gasteiger partial charge >= 0.3 is 0 Å². The van der Waals surface area contributed by atoms with Gasteiger partial charge < -0.3 is 10.2 Å². The van der Waals surface area contributed by atoms with Crippen molar-refractivity contribution in [1.82, 2.24) is 9.97 Å². The second-order valence-corrected chi connectivity index (χ2v) is 7.66. The van der Waals surface area contributed by atoms with E-state index >= 15 is 0 Å². The van der Waals surface area contributed by atoms with Crippen molar-refractivity contribution in [3.8, 4) is 0 Å². The number of hydrogen-bond donors (Lipinski definition) is 1. The third kappa shape index (κ3) is 3.90. The fourth-order valence-corrected chi connectivity index (χ4v) is 4.16. The van der Waals surface area contributed by atoms with Crippen LogP contribution in [0.3, 0.4) is 0 Å². The lowest BCUT2D eigenvalue weighted by Crippen LogP contribution is -2.31. The first-order valence-corrected chi connectivity index (χ1v) is 9.70. The van der Waals surface area contributed by atoms with Gasteiger partial charge in [0.1, 0.15) is 17.5 Å².